The Balaban J connectivity index is 1.35. The van der Waals surface area contributed by atoms with Gasteiger partial charge < -0.3 is 9.42 Å². The maximum atomic E-state index is 12.7. The zero-order valence-electron chi connectivity index (χ0n) is 15.6. The van der Waals surface area contributed by atoms with E-state index in [1.807, 2.05) is 18.7 Å². The van der Waals surface area contributed by atoms with Gasteiger partial charge in [0.25, 0.3) is 5.91 Å². The maximum absolute atomic E-state index is 12.7. The molecule has 0 unspecified atom stereocenters. The Hall–Kier alpha value is -2.14. The summed E-state index contributed by atoms with van der Waals surface area (Å²) in [6.07, 6.45) is 3.50. The van der Waals surface area contributed by atoms with Crippen molar-refractivity contribution in [3.63, 3.8) is 0 Å². The molecule has 0 N–H and O–H groups in total. The number of carbonyl (C=O) groups is 1. The number of aromatic nitrogens is 1. The Morgan fingerprint density at radius 3 is 2.58 bits per heavy atom. The monoisotopic (exact) mass is 353 g/mol. The molecule has 2 heterocycles. The van der Waals surface area contributed by atoms with Gasteiger partial charge in [-0.2, -0.15) is 0 Å². The van der Waals surface area contributed by atoms with Gasteiger partial charge in [-0.3, -0.25) is 9.69 Å². The van der Waals surface area contributed by atoms with Crippen molar-refractivity contribution in [2.24, 2.45) is 0 Å². The molecule has 1 amide bonds. The Bertz CT molecular complexity index is 775. The van der Waals surface area contributed by atoms with Crippen molar-refractivity contribution in [1.29, 1.82) is 0 Å². The molecule has 26 heavy (non-hydrogen) atoms. The van der Waals surface area contributed by atoms with Gasteiger partial charge in [-0.25, -0.2) is 0 Å². The molecule has 1 aliphatic heterocycles. The second-order valence-corrected chi connectivity index (χ2v) is 7.76. The summed E-state index contributed by atoms with van der Waals surface area (Å²) >= 11 is 0. The van der Waals surface area contributed by atoms with E-state index >= 15 is 0 Å². The zero-order chi connectivity index (χ0) is 18.1. The standard InChI is InChI=1S/C21H27N3O2/c1-15(2)19-14-20(26-22-19)21(25)24-11-9-23(10-12-24)18-8-7-16-5-3-4-6-17(16)13-18/h3-6,14-15,18H,7-13H2,1-2H3/t18-/m1/s1. The van der Waals surface area contributed by atoms with Crippen LogP contribution < -0.4 is 0 Å². The first-order valence-electron chi connectivity index (χ1n) is 9.68. The van der Waals surface area contributed by atoms with E-state index in [0.29, 0.717) is 11.8 Å². The van der Waals surface area contributed by atoms with Crippen molar-refractivity contribution in [2.45, 2.75) is 45.1 Å². The van der Waals surface area contributed by atoms with Crippen LogP contribution in [0.2, 0.25) is 0 Å². The van der Waals surface area contributed by atoms with E-state index in [2.05, 4.69) is 34.3 Å². The fourth-order valence-electron chi connectivity index (χ4n) is 4.10. The molecule has 4 rings (SSSR count). The first-order chi connectivity index (χ1) is 12.6. The van der Waals surface area contributed by atoms with Crippen molar-refractivity contribution in [3.05, 3.63) is 52.9 Å². The second-order valence-electron chi connectivity index (χ2n) is 7.76. The molecule has 1 saturated heterocycles. The van der Waals surface area contributed by atoms with Crippen LogP contribution in [0.1, 0.15) is 53.6 Å². The minimum absolute atomic E-state index is 0.0296. The highest BCUT2D eigenvalue weighted by Crippen LogP contribution is 2.25. The molecule has 5 heteroatoms. The van der Waals surface area contributed by atoms with E-state index in [1.54, 1.807) is 6.07 Å². The van der Waals surface area contributed by atoms with E-state index in [9.17, 15) is 4.79 Å². The van der Waals surface area contributed by atoms with Gasteiger partial charge in [0.2, 0.25) is 5.76 Å². The van der Waals surface area contributed by atoms with Crippen LogP contribution in [0, 0.1) is 0 Å². The summed E-state index contributed by atoms with van der Waals surface area (Å²) in [4.78, 5) is 17.1. The van der Waals surface area contributed by atoms with Gasteiger partial charge in [-0.05, 0) is 36.3 Å². The molecule has 1 atom stereocenters. The summed E-state index contributed by atoms with van der Waals surface area (Å²) < 4.78 is 5.27. The smallest absolute Gasteiger partial charge is 0.292 e. The highest BCUT2D eigenvalue weighted by Gasteiger charge is 2.30. The SMILES string of the molecule is CC(C)c1cc(C(=O)N2CCN([C@@H]3CCc4ccccc4C3)CC2)on1. The summed E-state index contributed by atoms with van der Waals surface area (Å²) in [5.41, 5.74) is 3.84. The molecular weight excluding hydrogens is 326 g/mol. The Morgan fingerprint density at radius 1 is 1.15 bits per heavy atom. The van der Waals surface area contributed by atoms with Crippen molar-refractivity contribution in [3.8, 4) is 0 Å². The highest BCUT2D eigenvalue weighted by atomic mass is 16.5. The maximum Gasteiger partial charge on any atom is 0.292 e. The molecule has 5 nitrogen and oxygen atoms in total. The lowest BCUT2D eigenvalue weighted by atomic mass is 9.87. The normalized spacial score (nSPS) is 21.0. The topological polar surface area (TPSA) is 49.6 Å². The van der Waals surface area contributed by atoms with Gasteiger partial charge >= 0.3 is 0 Å². The Kier molecular flexibility index (Phi) is 4.81. The first kappa shape index (κ1) is 17.3. The number of nitrogens with zero attached hydrogens (tertiary/aromatic N) is 3. The minimum Gasteiger partial charge on any atom is -0.351 e. The lowest BCUT2D eigenvalue weighted by Gasteiger charge is -2.40. The largest absolute Gasteiger partial charge is 0.351 e. The Labute approximate surface area is 155 Å². The van der Waals surface area contributed by atoms with Crippen LogP contribution in [-0.4, -0.2) is 53.1 Å². The predicted octanol–water partition coefficient (Wildman–Crippen LogP) is 3.11. The second kappa shape index (κ2) is 7.23. The van der Waals surface area contributed by atoms with Gasteiger partial charge in [-0.1, -0.05) is 43.3 Å². The molecule has 0 radical (unpaired) electrons. The molecule has 1 aromatic heterocycles. The number of aryl methyl sites for hydroxylation is 1. The lowest BCUT2D eigenvalue weighted by Crippen LogP contribution is -2.53. The van der Waals surface area contributed by atoms with Crippen molar-refractivity contribution in [2.75, 3.05) is 26.2 Å². The average Bonchev–Trinajstić information content (AvgIpc) is 3.18. The third kappa shape index (κ3) is 3.40. The first-order valence-corrected chi connectivity index (χ1v) is 9.68. The third-order valence-corrected chi connectivity index (χ3v) is 5.77. The third-order valence-electron chi connectivity index (χ3n) is 5.77. The summed E-state index contributed by atoms with van der Waals surface area (Å²) in [7, 11) is 0. The van der Waals surface area contributed by atoms with Gasteiger partial charge in [0, 0.05) is 38.3 Å². The number of benzene rings is 1. The van der Waals surface area contributed by atoms with Crippen LogP contribution in [-0.2, 0) is 12.8 Å². The number of hydrogen-bond acceptors (Lipinski definition) is 4. The van der Waals surface area contributed by atoms with Crippen LogP contribution in [0.25, 0.3) is 0 Å². The van der Waals surface area contributed by atoms with Gasteiger partial charge in [0.05, 0.1) is 5.69 Å². The molecule has 1 fully saturated rings. The molecule has 1 aromatic carbocycles. The lowest BCUT2D eigenvalue weighted by molar-refractivity contribution is 0.0517. The highest BCUT2D eigenvalue weighted by molar-refractivity contribution is 5.91. The number of carbonyl (C=O) groups excluding carboxylic acids is 1. The van der Waals surface area contributed by atoms with E-state index in [4.69, 9.17) is 4.52 Å². The fourth-order valence-corrected chi connectivity index (χ4v) is 4.10. The number of piperazine rings is 1. The number of fused-ring (bicyclic) bond motifs is 1. The van der Waals surface area contributed by atoms with Crippen LogP contribution in [0.3, 0.4) is 0 Å². The average molecular weight is 353 g/mol. The number of hydrogen-bond donors (Lipinski definition) is 0. The number of rotatable bonds is 3. The molecule has 2 aromatic rings. The van der Waals surface area contributed by atoms with Crippen LogP contribution >= 0.6 is 0 Å². The molecule has 138 valence electrons. The molecular formula is C21H27N3O2. The van der Waals surface area contributed by atoms with Crippen LogP contribution in [0.15, 0.2) is 34.9 Å². The fraction of sp³-hybridized carbons (Fsp3) is 0.524. The van der Waals surface area contributed by atoms with Crippen molar-refractivity contribution < 1.29 is 9.32 Å². The molecule has 2 aliphatic rings. The summed E-state index contributed by atoms with van der Waals surface area (Å²) in [5, 5.41) is 4.01. The minimum atomic E-state index is -0.0296. The van der Waals surface area contributed by atoms with Crippen LogP contribution in [0.4, 0.5) is 0 Å². The van der Waals surface area contributed by atoms with E-state index < -0.39 is 0 Å². The predicted molar refractivity (Wildman–Crippen MR) is 100 cm³/mol. The van der Waals surface area contributed by atoms with Crippen LogP contribution in [0.5, 0.6) is 0 Å². The van der Waals surface area contributed by atoms with Gasteiger partial charge in [0.15, 0.2) is 0 Å². The summed E-state index contributed by atoms with van der Waals surface area (Å²) in [5.74, 6) is 0.609. The van der Waals surface area contributed by atoms with Gasteiger partial charge in [-0.15, -0.1) is 0 Å². The number of amides is 1. The van der Waals surface area contributed by atoms with Crippen molar-refractivity contribution >= 4 is 5.91 Å². The Morgan fingerprint density at radius 2 is 1.88 bits per heavy atom. The van der Waals surface area contributed by atoms with Gasteiger partial charge in [0.1, 0.15) is 0 Å². The molecule has 0 saturated carbocycles. The quantitative estimate of drug-likeness (QED) is 0.851. The molecule has 1 aliphatic carbocycles. The van der Waals surface area contributed by atoms with E-state index in [-0.39, 0.29) is 11.8 Å². The van der Waals surface area contributed by atoms with Crippen molar-refractivity contribution in [1.82, 2.24) is 15.0 Å². The summed E-state index contributed by atoms with van der Waals surface area (Å²) in [6, 6.07) is 11.2. The molecule has 0 spiro atoms. The van der Waals surface area contributed by atoms with E-state index in [1.165, 1.54) is 17.5 Å². The zero-order valence-corrected chi connectivity index (χ0v) is 15.6. The summed E-state index contributed by atoms with van der Waals surface area (Å²) in [6.45, 7) is 7.48. The molecule has 0 bridgehead atoms. The van der Waals surface area contributed by atoms with E-state index in [0.717, 1.165) is 44.7 Å².